The van der Waals surface area contributed by atoms with Crippen LogP contribution in [0.25, 0.3) is 0 Å². The third-order valence-corrected chi connectivity index (χ3v) is 5.89. The summed E-state index contributed by atoms with van der Waals surface area (Å²) in [6.45, 7) is 2.77. The first-order chi connectivity index (χ1) is 6.42. The van der Waals surface area contributed by atoms with E-state index >= 15 is 0 Å². The van der Waals surface area contributed by atoms with Crippen LogP contribution in [-0.2, 0) is 0 Å². The quantitative estimate of drug-likeness (QED) is 0.587. The second kappa shape index (κ2) is 3.16. The molecule has 0 unspecified atom stereocenters. The molecule has 1 nitrogen and oxygen atoms in total. The van der Waals surface area contributed by atoms with Gasteiger partial charge in [0.2, 0.25) is 0 Å². The second-order valence-electron chi connectivity index (χ2n) is 4.77. The molecular formula is C11H19NS. The molecule has 13 heavy (non-hydrogen) atoms. The molecule has 2 heteroatoms. The molecule has 1 saturated carbocycles. The molecule has 0 aromatic rings. The average molecular weight is 197 g/mol. The molecule has 1 spiro atoms. The van der Waals surface area contributed by atoms with Crippen LogP contribution in [0.1, 0.15) is 38.5 Å². The monoisotopic (exact) mass is 197 g/mol. The van der Waals surface area contributed by atoms with E-state index in [1.165, 1.54) is 57.4 Å². The highest BCUT2D eigenvalue weighted by Crippen LogP contribution is 2.53. The van der Waals surface area contributed by atoms with Crippen LogP contribution >= 0.6 is 11.8 Å². The normalized spacial score (nSPS) is 45.7. The topological polar surface area (TPSA) is 3.24 Å². The van der Waals surface area contributed by atoms with Gasteiger partial charge in [-0.15, -0.1) is 11.8 Å². The second-order valence-corrected chi connectivity index (χ2v) is 6.17. The minimum atomic E-state index is 0.635. The molecule has 0 radical (unpaired) electrons. The maximum absolute atomic E-state index is 2.81. The summed E-state index contributed by atoms with van der Waals surface area (Å²) in [5.74, 6) is 2.44. The first kappa shape index (κ1) is 8.60. The van der Waals surface area contributed by atoms with Crippen molar-refractivity contribution in [1.82, 2.24) is 4.90 Å². The first-order valence-electron chi connectivity index (χ1n) is 5.81. The average Bonchev–Trinajstić information content (AvgIpc) is 2.58. The molecule has 0 bridgehead atoms. The van der Waals surface area contributed by atoms with Gasteiger partial charge >= 0.3 is 0 Å². The van der Waals surface area contributed by atoms with Gasteiger partial charge in [0, 0.05) is 12.3 Å². The lowest BCUT2D eigenvalue weighted by Crippen LogP contribution is -2.52. The van der Waals surface area contributed by atoms with Crippen molar-refractivity contribution in [2.45, 2.75) is 43.4 Å². The van der Waals surface area contributed by atoms with Gasteiger partial charge in [-0.3, -0.25) is 4.90 Å². The van der Waals surface area contributed by atoms with Crippen molar-refractivity contribution in [3.8, 4) is 0 Å². The van der Waals surface area contributed by atoms with E-state index in [1.54, 1.807) is 0 Å². The van der Waals surface area contributed by atoms with Crippen molar-refractivity contribution >= 4 is 11.8 Å². The first-order valence-corrected chi connectivity index (χ1v) is 6.79. The van der Waals surface area contributed by atoms with Gasteiger partial charge in [-0.2, -0.15) is 0 Å². The van der Waals surface area contributed by atoms with Crippen LogP contribution in [0, 0.1) is 5.92 Å². The molecule has 2 saturated heterocycles. The fraction of sp³-hybridized carbons (Fsp3) is 1.00. The molecule has 3 rings (SSSR count). The summed E-state index contributed by atoms with van der Waals surface area (Å²) in [5.41, 5.74) is 0. The van der Waals surface area contributed by atoms with Crippen molar-refractivity contribution in [1.29, 1.82) is 0 Å². The highest BCUT2D eigenvalue weighted by Gasteiger charge is 2.50. The van der Waals surface area contributed by atoms with Crippen molar-refractivity contribution in [3.05, 3.63) is 0 Å². The van der Waals surface area contributed by atoms with Gasteiger partial charge in [0.05, 0.1) is 4.87 Å². The zero-order valence-electron chi connectivity index (χ0n) is 8.30. The Bertz CT molecular complexity index is 204. The standard InChI is InChI=1S/C11H19NS/c1-2-6-11-10(4-1)5-3-7-12(11)8-9-13-11/h10H,1-9H2/t10-,11-/m1/s1. The molecule has 3 fully saturated rings. The summed E-state index contributed by atoms with van der Waals surface area (Å²) >= 11 is 2.28. The van der Waals surface area contributed by atoms with E-state index in [0.717, 1.165) is 5.92 Å². The van der Waals surface area contributed by atoms with E-state index < -0.39 is 0 Å². The van der Waals surface area contributed by atoms with Gasteiger partial charge in [-0.05, 0) is 38.1 Å². The third-order valence-electron chi connectivity index (χ3n) is 4.20. The molecule has 2 heterocycles. The highest BCUT2D eigenvalue weighted by molar-refractivity contribution is 8.00. The number of thioether (sulfide) groups is 1. The Morgan fingerprint density at radius 3 is 3.00 bits per heavy atom. The minimum absolute atomic E-state index is 0.635. The summed E-state index contributed by atoms with van der Waals surface area (Å²) in [7, 11) is 0. The number of piperidine rings is 1. The van der Waals surface area contributed by atoms with E-state index in [-0.39, 0.29) is 0 Å². The number of nitrogens with zero attached hydrogens (tertiary/aromatic N) is 1. The highest BCUT2D eigenvalue weighted by atomic mass is 32.2. The lowest BCUT2D eigenvalue weighted by atomic mass is 9.78. The Hall–Kier alpha value is 0.310. The van der Waals surface area contributed by atoms with Crippen LogP contribution in [0.5, 0.6) is 0 Å². The number of rotatable bonds is 0. The van der Waals surface area contributed by atoms with Crippen molar-refractivity contribution in [2.75, 3.05) is 18.8 Å². The Kier molecular flexibility index (Phi) is 2.09. The molecule has 0 amide bonds. The lowest BCUT2D eigenvalue weighted by Gasteiger charge is -2.50. The lowest BCUT2D eigenvalue weighted by molar-refractivity contribution is 0.0500. The molecule has 74 valence electrons. The van der Waals surface area contributed by atoms with Gasteiger partial charge in [0.15, 0.2) is 0 Å². The Morgan fingerprint density at radius 2 is 2.00 bits per heavy atom. The summed E-state index contributed by atoms with van der Waals surface area (Å²) in [5, 5.41) is 0. The van der Waals surface area contributed by atoms with Gasteiger partial charge < -0.3 is 0 Å². The maximum Gasteiger partial charge on any atom is 0.0699 e. The smallest absolute Gasteiger partial charge is 0.0699 e. The molecule has 3 aliphatic rings. The SMILES string of the molecule is C1CC[C@]23SCCN2CCC[C@H]3C1. The summed E-state index contributed by atoms with van der Waals surface area (Å²) in [6.07, 6.45) is 8.98. The fourth-order valence-electron chi connectivity index (χ4n) is 3.62. The summed E-state index contributed by atoms with van der Waals surface area (Å²) in [4.78, 5) is 3.45. The predicted molar refractivity (Wildman–Crippen MR) is 58.0 cm³/mol. The molecular weight excluding hydrogens is 178 g/mol. The molecule has 2 aliphatic heterocycles. The molecule has 0 aromatic heterocycles. The largest absolute Gasteiger partial charge is 0.288 e. The molecule has 2 atom stereocenters. The van der Waals surface area contributed by atoms with Crippen molar-refractivity contribution in [3.63, 3.8) is 0 Å². The summed E-state index contributed by atoms with van der Waals surface area (Å²) in [6, 6.07) is 0. The molecule has 0 aromatic carbocycles. The van der Waals surface area contributed by atoms with Crippen molar-refractivity contribution < 1.29 is 0 Å². The van der Waals surface area contributed by atoms with Gasteiger partial charge in [-0.1, -0.05) is 12.8 Å². The van der Waals surface area contributed by atoms with Crippen LogP contribution < -0.4 is 0 Å². The summed E-state index contributed by atoms with van der Waals surface area (Å²) < 4.78 is 0. The van der Waals surface area contributed by atoms with Gasteiger partial charge in [0.1, 0.15) is 0 Å². The van der Waals surface area contributed by atoms with E-state index in [4.69, 9.17) is 0 Å². The van der Waals surface area contributed by atoms with Crippen molar-refractivity contribution in [2.24, 2.45) is 5.92 Å². The number of hydrogen-bond donors (Lipinski definition) is 0. The number of hydrogen-bond acceptors (Lipinski definition) is 2. The van der Waals surface area contributed by atoms with Crippen LogP contribution in [0.2, 0.25) is 0 Å². The van der Waals surface area contributed by atoms with E-state index in [2.05, 4.69) is 16.7 Å². The predicted octanol–water partition coefficient (Wildman–Crippen LogP) is 2.72. The molecule has 1 aliphatic carbocycles. The van der Waals surface area contributed by atoms with Crippen LogP contribution in [-0.4, -0.2) is 28.6 Å². The van der Waals surface area contributed by atoms with E-state index in [1.807, 2.05) is 0 Å². The minimum Gasteiger partial charge on any atom is -0.288 e. The van der Waals surface area contributed by atoms with Crippen LogP contribution in [0.3, 0.4) is 0 Å². The third kappa shape index (κ3) is 1.18. The Morgan fingerprint density at radius 1 is 1.08 bits per heavy atom. The zero-order chi connectivity index (χ0) is 8.73. The Labute approximate surface area is 85.3 Å². The van der Waals surface area contributed by atoms with Crippen LogP contribution in [0.4, 0.5) is 0 Å². The maximum atomic E-state index is 2.81. The Balaban J connectivity index is 1.89. The fourth-order valence-corrected chi connectivity index (χ4v) is 5.41. The molecule has 0 N–H and O–H groups in total. The van der Waals surface area contributed by atoms with Gasteiger partial charge in [-0.25, -0.2) is 0 Å². The van der Waals surface area contributed by atoms with Gasteiger partial charge in [0.25, 0.3) is 0 Å². The van der Waals surface area contributed by atoms with Crippen LogP contribution in [0.15, 0.2) is 0 Å². The van der Waals surface area contributed by atoms with E-state index in [0.29, 0.717) is 4.87 Å². The van der Waals surface area contributed by atoms with E-state index in [9.17, 15) is 0 Å². The zero-order valence-corrected chi connectivity index (χ0v) is 9.11.